The van der Waals surface area contributed by atoms with Crippen LogP contribution in [0.2, 0.25) is 0 Å². The Balaban J connectivity index is 1.29. The van der Waals surface area contributed by atoms with E-state index in [0.29, 0.717) is 23.4 Å². The predicted molar refractivity (Wildman–Crippen MR) is 146 cm³/mol. The van der Waals surface area contributed by atoms with Gasteiger partial charge in [-0.05, 0) is 74.6 Å². The Kier molecular flexibility index (Phi) is 6.38. The third kappa shape index (κ3) is 4.71. The lowest BCUT2D eigenvalue weighted by Gasteiger charge is -2.70. The molecule has 3 saturated carbocycles. The van der Waals surface area contributed by atoms with Crippen LogP contribution in [0.25, 0.3) is 21.9 Å². The van der Waals surface area contributed by atoms with Crippen molar-refractivity contribution < 1.29 is 19.0 Å². The molecule has 9 nitrogen and oxygen atoms in total. The number of aryl methyl sites for hydroxylation is 1. The van der Waals surface area contributed by atoms with Crippen molar-refractivity contribution in [2.24, 2.45) is 12.5 Å². The van der Waals surface area contributed by atoms with Gasteiger partial charge in [-0.1, -0.05) is 0 Å². The number of hydrogen-bond acceptors (Lipinski definition) is 7. The van der Waals surface area contributed by atoms with Gasteiger partial charge in [0.2, 0.25) is 0 Å². The van der Waals surface area contributed by atoms with Crippen molar-refractivity contribution in [1.82, 2.24) is 20.2 Å². The van der Waals surface area contributed by atoms with Crippen LogP contribution >= 0.6 is 0 Å². The lowest BCUT2D eigenvalue weighted by molar-refractivity contribution is -0.148. The van der Waals surface area contributed by atoms with Crippen LogP contribution in [-0.4, -0.2) is 47.5 Å². The molecule has 0 saturated heterocycles. The van der Waals surface area contributed by atoms with Crippen molar-refractivity contribution in [2.75, 3.05) is 20.8 Å². The van der Waals surface area contributed by atoms with Crippen LogP contribution < -0.4 is 25.7 Å². The molecule has 2 bridgehead atoms. The van der Waals surface area contributed by atoms with Crippen LogP contribution in [0.1, 0.15) is 45.6 Å². The van der Waals surface area contributed by atoms with Crippen LogP contribution in [0.15, 0.2) is 41.6 Å². The highest BCUT2D eigenvalue weighted by atomic mass is 16.6. The number of ether oxygens (including phenoxy) is 3. The molecule has 202 valence electrons. The van der Waals surface area contributed by atoms with Gasteiger partial charge in [0.05, 0.1) is 19.6 Å². The minimum atomic E-state index is -0.498. The molecule has 0 unspecified atom stereocenters. The van der Waals surface area contributed by atoms with Crippen molar-refractivity contribution in [1.29, 1.82) is 0 Å². The molecule has 1 aromatic carbocycles. The predicted octanol–water partition coefficient (Wildman–Crippen LogP) is 4.15. The monoisotopic (exact) mass is 520 g/mol. The zero-order valence-corrected chi connectivity index (χ0v) is 22.9. The van der Waals surface area contributed by atoms with E-state index in [2.05, 4.69) is 15.6 Å². The Morgan fingerprint density at radius 1 is 1.11 bits per heavy atom. The van der Waals surface area contributed by atoms with Gasteiger partial charge >= 0.3 is 6.09 Å². The second-order valence-corrected chi connectivity index (χ2v) is 11.8. The molecular weight excluding hydrogens is 484 g/mol. The van der Waals surface area contributed by atoms with Gasteiger partial charge in [0, 0.05) is 55.4 Å². The summed E-state index contributed by atoms with van der Waals surface area (Å²) in [7, 11) is 5.04. The van der Waals surface area contributed by atoms with Gasteiger partial charge in [0.15, 0.2) is 0 Å². The number of amides is 1. The molecule has 2 aromatic heterocycles. The SMILES string of the molecule is COc1cc(-c2cn(C)c(=O)c3cnccc23)cc(OC)c1CNCC12CC(NC(=O)OC(C)(C)C)(C1)C2. The highest BCUT2D eigenvalue weighted by molar-refractivity contribution is 5.95. The van der Waals surface area contributed by atoms with Crippen molar-refractivity contribution in [2.45, 2.75) is 57.7 Å². The fourth-order valence-corrected chi connectivity index (χ4v) is 6.15. The average molecular weight is 521 g/mol. The number of hydrogen-bond donors (Lipinski definition) is 2. The van der Waals surface area contributed by atoms with E-state index in [1.165, 1.54) is 0 Å². The number of fused-ring (bicyclic) bond motifs is 1. The second kappa shape index (κ2) is 9.31. The van der Waals surface area contributed by atoms with Gasteiger partial charge in [-0.15, -0.1) is 0 Å². The maximum atomic E-state index is 12.6. The average Bonchev–Trinajstić information content (AvgIpc) is 2.82. The van der Waals surface area contributed by atoms with E-state index in [4.69, 9.17) is 14.2 Å². The number of alkyl carbamates (subject to hydrolysis) is 1. The van der Waals surface area contributed by atoms with E-state index < -0.39 is 5.60 Å². The summed E-state index contributed by atoms with van der Waals surface area (Å²) in [5.74, 6) is 1.42. The van der Waals surface area contributed by atoms with Crippen LogP contribution in [0.5, 0.6) is 11.5 Å². The van der Waals surface area contributed by atoms with Crippen LogP contribution in [0, 0.1) is 5.41 Å². The second-order valence-electron chi connectivity index (χ2n) is 11.8. The molecule has 9 heteroatoms. The molecule has 0 atom stereocenters. The standard InChI is InChI=1S/C29H36N4O5/c1-27(2,3)38-26(35)32-29-14-28(15-29,16-29)17-31-12-21-23(36-5)9-18(10-24(21)37-6)22-13-33(4)25(34)20-11-30-8-7-19(20)22/h7-11,13,31H,12,14-17H2,1-6H3,(H,32,35). The zero-order valence-electron chi connectivity index (χ0n) is 22.9. The third-order valence-corrected chi connectivity index (χ3v) is 7.61. The Morgan fingerprint density at radius 3 is 2.37 bits per heavy atom. The highest BCUT2D eigenvalue weighted by Crippen LogP contribution is 2.66. The molecular formula is C29H36N4O5. The van der Waals surface area contributed by atoms with E-state index in [0.717, 1.165) is 47.9 Å². The molecule has 38 heavy (non-hydrogen) atoms. The summed E-state index contributed by atoms with van der Waals surface area (Å²) in [5, 5.41) is 8.05. The van der Waals surface area contributed by atoms with Crippen LogP contribution in [-0.2, 0) is 18.3 Å². The van der Waals surface area contributed by atoms with Crippen molar-refractivity contribution in [3.63, 3.8) is 0 Å². The summed E-state index contributed by atoms with van der Waals surface area (Å²) in [6.07, 6.45) is 7.65. The number of nitrogens with zero attached hydrogens (tertiary/aromatic N) is 2. The summed E-state index contributed by atoms with van der Waals surface area (Å²) in [4.78, 5) is 28.9. The molecule has 3 fully saturated rings. The number of methoxy groups -OCH3 is 2. The fraction of sp³-hybridized carbons (Fsp3) is 0.483. The lowest BCUT2D eigenvalue weighted by atomic mass is 9.39. The maximum absolute atomic E-state index is 12.6. The van der Waals surface area contributed by atoms with Gasteiger partial charge in [-0.2, -0.15) is 0 Å². The maximum Gasteiger partial charge on any atom is 0.408 e. The first-order valence-corrected chi connectivity index (χ1v) is 12.9. The molecule has 2 N–H and O–H groups in total. The quantitative estimate of drug-likeness (QED) is 0.460. The Hall–Kier alpha value is -3.59. The topological polar surface area (TPSA) is 104 Å². The Labute approximate surface area is 222 Å². The van der Waals surface area contributed by atoms with E-state index in [9.17, 15) is 9.59 Å². The largest absolute Gasteiger partial charge is 0.496 e. The number of pyridine rings is 2. The summed E-state index contributed by atoms with van der Waals surface area (Å²) >= 11 is 0. The first-order chi connectivity index (χ1) is 18.0. The molecule has 0 spiro atoms. The third-order valence-electron chi connectivity index (χ3n) is 7.61. The molecule has 3 aromatic rings. The van der Waals surface area contributed by atoms with Crippen molar-refractivity contribution in [3.05, 3.63) is 52.7 Å². The van der Waals surface area contributed by atoms with Crippen LogP contribution in [0.3, 0.4) is 0 Å². The molecule has 0 aliphatic heterocycles. The minimum Gasteiger partial charge on any atom is -0.496 e. The summed E-state index contributed by atoms with van der Waals surface area (Å²) < 4.78 is 18.6. The Bertz CT molecular complexity index is 1410. The number of benzene rings is 1. The smallest absolute Gasteiger partial charge is 0.408 e. The first-order valence-electron chi connectivity index (χ1n) is 12.9. The number of aromatic nitrogens is 2. The van der Waals surface area contributed by atoms with Crippen molar-refractivity contribution >= 4 is 16.9 Å². The number of carbonyl (C=O) groups is 1. The summed E-state index contributed by atoms with van der Waals surface area (Å²) in [6, 6.07) is 5.83. The lowest BCUT2D eigenvalue weighted by Crippen LogP contribution is -2.76. The first kappa shape index (κ1) is 26.0. The van der Waals surface area contributed by atoms with E-state index in [-0.39, 0.29) is 22.6 Å². The van der Waals surface area contributed by atoms with E-state index in [1.54, 1.807) is 38.2 Å². The van der Waals surface area contributed by atoms with Crippen LogP contribution in [0.4, 0.5) is 4.79 Å². The van der Waals surface area contributed by atoms with Crippen molar-refractivity contribution in [3.8, 4) is 22.6 Å². The number of rotatable bonds is 8. The van der Waals surface area contributed by atoms with Gasteiger partial charge in [-0.3, -0.25) is 9.78 Å². The van der Waals surface area contributed by atoms with Gasteiger partial charge in [0.25, 0.3) is 5.56 Å². The number of carbonyl (C=O) groups excluding carboxylic acids is 1. The minimum absolute atomic E-state index is 0.0896. The normalized spacial score (nSPS) is 21.8. The molecule has 6 rings (SSSR count). The van der Waals surface area contributed by atoms with Gasteiger partial charge in [-0.25, -0.2) is 4.79 Å². The Morgan fingerprint density at radius 2 is 1.76 bits per heavy atom. The zero-order chi connectivity index (χ0) is 27.3. The molecule has 3 aliphatic carbocycles. The van der Waals surface area contributed by atoms with E-state index >= 15 is 0 Å². The van der Waals surface area contributed by atoms with Gasteiger partial charge in [0.1, 0.15) is 17.1 Å². The molecule has 0 radical (unpaired) electrons. The van der Waals surface area contributed by atoms with E-state index in [1.807, 2.05) is 45.2 Å². The molecule has 1 amide bonds. The summed E-state index contributed by atoms with van der Waals surface area (Å²) in [6.45, 7) is 7.04. The summed E-state index contributed by atoms with van der Waals surface area (Å²) in [5.41, 5.74) is 2.23. The fourth-order valence-electron chi connectivity index (χ4n) is 6.15. The van der Waals surface area contributed by atoms with Gasteiger partial charge < -0.3 is 29.4 Å². The number of nitrogens with one attached hydrogen (secondary N) is 2. The molecule has 2 heterocycles. The highest BCUT2D eigenvalue weighted by Gasteiger charge is 2.68. The molecule has 3 aliphatic rings.